The van der Waals surface area contributed by atoms with E-state index in [0.717, 1.165) is 6.04 Å². The predicted molar refractivity (Wildman–Crippen MR) is 55.5 cm³/mol. The normalized spacial score (nSPS) is 17.0. The maximum atomic E-state index is 5.50. The third kappa shape index (κ3) is 7.24. The summed E-state index contributed by atoms with van der Waals surface area (Å²) in [7, 11) is 2.81. The van der Waals surface area contributed by atoms with Crippen molar-refractivity contribution in [2.75, 3.05) is 20.8 Å². The van der Waals surface area contributed by atoms with Gasteiger partial charge in [-0.1, -0.05) is 22.9 Å². The first-order valence-corrected chi connectivity index (χ1v) is 6.47. The van der Waals surface area contributed by atoms with E-state index in [2.05, 4.69) is 22.9 Å². The first-order valence-electron chi connectivity index (χ1n) is 3.98. The Labute approximate surface area is 84.8 Å². The van der Waals surface area contributed by atoms with Gasteiger partial charge in [-0.25, -0.2) is 0 Å². The highest BCUT2D eigenvalue weighted by atomic mass is 79.9. The molecule has 12 heavy (non-hydrogen) atoms. The van der Waals surface area contributed by atoms with Crippen molar-refractivity contribution < 1.29 is 13.9 Å². The zero-order valence-corrected chi connectivity index (χ0v) is 10.9. The number of rotatable bonds is 7. The Hall–Kier alpha value is 0.577. The molecule has 2 unspecified atom stereocenters. The van der Waals surface area contributed by atoms with E-state index in [-0.39, 0.29) is 6.29 Å². The van der Waals surface area contributed by atoms with Crippen molar-refractivity contribution in [1.82, 2.24) is 0 Å². The Morgan fingerprint density at radius 1 is 1.42 bits per heavy atom. The van der Waals surface area contributed by atoms with Crippen molar-refractivity contribution >= 4 is 25.7 Å². The maximum absolute atomic E-state index is 5.50. The first-order chi connectivity index (χ1) is 5.70. The van der Waals surface area contributed by atoms with E-state index < -0.39 is 9.76 Å². The van der Waals surface area contributed by atoms with Crippen LogP contribution in [-0.2, 0) is 13.9 Å². The van der Waals surface area contributed by atoms with E-state index >= 15 is 0 Å². The van der Waals surface area contributed by atoms with Crippen LogP contribution in [0.1, 0.15) is 6.92 Å². The smallest absolute Gasteiger partial charge is 0.170 e. The SMILES string of the molecule is COCC(OC)O[SiH2]CC(C)Br. The van der Waals surface area contributed by atoms with Gasteiger partial charge >= 0.3 is 0 Å². The largest absolute Gasteiger partial charge is 0.398 e. The van der Waals surface area contributed by atoms with Gasteiger partial charge in [-0.15, -0.1) is 0 Å². The third-order valence-electron chi connectivity index (χ3n) is 1.39. The summed E-state index contributed by atoms with van der Waals surface area (Å²) in [5, 5.41) is 0. The highest BCUT2D eigenvalue weighted by molar-refractivity contribution is 9.09. The summed E-state index contributed by atoms with van der Waals surface area (Å²) >= 11 is 3.47. The number of methoxy groups -OCH3 is 2. The molecule has 2 atom stereocenters. The zero-order chi connectivity index (χ0) is 9.40. The number of halogens is 1. The molecule has 0 saturated heterocycles. The van der Waals surface area contributed by atoms with Gasteiger partial charge in [-0.3, -0.25) is 0 Å². The van der Waals surface area contributed by atoms with E-state index in [4.69, 9.17) is 13.9 Å². The van der Waals surface area contributed by atoms with Crippen molar-refractivity contribution in [3.05, 3.63) is 0 Å². The van der Waals surface area contributed by atoms with Gasteiger partial charge in [0.2, 0.25) is 0 Å². The molecule has 0 heterocycles. The molecule has 74 valence electrons. The molecule has 0 aliphatic rings. The number of ether oxygens (including phenoxy) is 2. The van der Waals surface area contributed by atoms with Crippen LogP contribution in [0.4, 0.5) is 0 Å². The minimum absolute atomic E-state index is 0.173. The van der Waals surface area contributed by atoms with Gasteiger partial charge in [0.15, 0.2) is 16.1 Å². The molecule has 0 N–H and O–H groups in total. The second-order valence-electron chi connectivity index (χ2n) is 2.56. The van der Waals surface area contributed by atoms with Crippen molar-refractivity contribution in [2.24, 2.45) is 0 Å². The average Bonchev–Trinajstić information content (AvgIpc) is 2.02. The Kier molecular flexibility index (Phi) is 8.58. The summed E-state index contributed by atoms with van der Waals surface area (Å²) < 4.78 is 15.5. The lowest BCUT2D eigenvalue weighted by Crippen LogP contribution is -2.23. The molecular formula is C7H17BrO3Si. The summed E-state index contributed by atoms with van der Waals surface area (Å²) in [6.07, 6.45) is -0.173. The molecule has 0 aromatic carbocycles. The quantitative estimate of drug-likeness (QED) is 0.385. The molecule has 0 rings (SSSR count). The molecule has 0 amide bonds. The molecule has 0 bridgehead atoms. The molecule has 0 aliphatic carbocycles. The van der Waals surface area contributed by atoms with E-state index in [1.807, 2.05) is 0 Å². The Balaban J connectivity index is 3.31. The summed E-state index contributed by atoms with van der Waals surface area (Å²) in [6.45, 7) is 2.63. The van der Waals surface area contributed by atoms with Gasteiger partial charge < -0.3 is 13.9 Å². The molecule has 0 aromatic heterocycles. The van der Waals surface area contributed by atoms with Crippen LogP contribution in [0.5, 0.6) is 0 Å². The second-order valence-corrected chi connectivity index (χ2v) is 5.44. The Morgan fingerprint density at radius 2 is 2.08 bits per heavy atom. The zero-order valence-electron chi connectivity index (χ0n) is 7.88. The fourth-order valence-corrected chi connectivity index (χ4v) is 2.20. The Bertz CT molecular complexity index is 103. The molecule has 3 nitrogen and oxygen atoms in total. The van der Waals surface area contributed by atoms with Crippen LogP contribution in [-0.4, -0.2) is 41.7 Å². The fraction of sp³-hybridized carbons (Fsp3) is 1.00. The van der Waals surface area contributed by atoms with E-state index in [1.54, 1.807) is 14.2 Å². The van der Waals surface area contributed by atoms with Crippen LogP contribution in [0.2, 0.25) is 6.04 Å². The van der Waals surface area contributed by atoms with Gasteiger partial charge in [0.1, 0.15) is 0 Å². The van der Waals surface area contributed by atoms with Gasteiger partial charge in [0.25, 0.3) is 0 Å². The van der Waals surface area contributed by atoms with Crippen molar-refractivity contribution in [3.8, 4) is 0 Å². The predicted octanol–water partition coefficient (Wildman–Crippen LogP) is 0.907. The lowest BCUT2D eigenvalue weighted by atomic mass is 10.6. The molecule has 5 heteroatoms. The maximum Gasteiger partial charge on any atom is 0.170 e. The topological polar surface area (TPSA) is 27.7 Å². The summed E-state index contributed by atoms with van der Waals surface area (Å²) in [6, 6.07) is 1.11. The van der Waals surface area contributed by atoms with Crippen molar-refractivity contribution in [3.63, 3.8) is 0 Å². The van der Waals surface area contributed by atoms with Crippen molar-refractivity contribution in [2.45, 2.75) is 24.1 Å². The second kappa shape index (κ2) is 8.19. The van der Waals surface area contributed by atoms with Gasteiger partial charge in [0.05, 0.1) is 6.61 Å². The molecule has 0 spiro atoms. The molecule has 0 aromatic rings. The molecule has 0 saturated carbocycles. The Morgan fingerprint density at radius 3 is 2.50 bits per heavy atom. The summed E-state index contributed by atoms with van der Waals surface area (Å²) in [5.41, 5.74) is 0. The number of hydrogen-bond donors (Lipinski definition) is 0. The van der Waals surface area contributed by atoms with E-state index in [1.165, 1.54) is 0 Å². The standard InChI is InChI=1S/C7H17BrO3Si/c1-6(8)5-12-11-7(10-3)4-9-2/h6-7H,4-5,12H2,1-3H3. The third-order valence-corrected chi connectivity index (χ3v) is 4.40. The van der Waals surface area contributed by atoms with Crippen LogP contribution < -0.4 is 0 Å². The minimum atomic E-state index is -0.467. The van der Waals surface area contributed by atoms with E-state index in [9.17, 15) is 0 Å². The van der Waals surface area contributed by atoms with E-state index in [0.29, 0.717) is 11.4 Å². The summed E-state index contributed by atoms with van der Waals surface area (Å²) in [5.74, 6) is 0. The number of alkyl halides is 1. The molecule has 0 radical (unpaired) electrons. The average molecular weight is 257 g/mol. The fourth-order valence-electron chi connectivity index (χ4n) is 0.682. The number of hydrogen-bond acceptors (Lipinski definition) is 3. The highest BCUT2D eigenvalue weighted by Crippen LogP contribution is 2.04. The minimum Gasteiger partial charge on any atom is -0.398 e. The highest BCUT2D eigenvalue weighted by Gasteiger charge is 2.06. The van der Waals surface area contributed by atoms with Crippen LogP contribution in [0.25, 0.3) is 0 Å². The van der Waals surface area contributed by atoms with Gasteiger partial charge in [-0.05, 0) is 6.04 Å². The van der Waals surface area contributed by atoms with Crippen LogP contribution in [0, 0.1) is 0 Å². The first kappa shape index (κ1) is 12.6. The monoisotopic (exact) mass is 256 g/mol. The van der Waals surface area contributed by atoms with Gasteiger partial charge in [0, 0.05) is 19.0 Å². The lowest BCUT2D eigenvalue weighted by molar-refractivity contribution is -0.0928. The van der Waals surface area contributed by atoms with Gasteiger partial charge in [-0.2, -0.15) is 0 Å². The van der Waals surface area contributed by atoms with Crippen LogP contribution in [0.15, 0.2) is 0 Å². The molecule has 0 fully saturated rings. The summed E-state index contributed by atoms with van der Waals surface area (Å²) in [4.78, 5) is 0.546. The molecular weight excluding hydrogens is 240 g/mol. The van der Waals surface area contributed by atoms with Crippen LogP contribution in [0.3, 0.4) is 0 Å². The van der Waals surface area contributed by atoms with Crippen molar-refractivity contribution in [1.29, 1.82) is 0 Å². The molecule has 0 aliphatic heterocycles. The lowest BCUT2D eigenvalue weighted by Gasteiger charge is -2.15. The van der Waals surface area contributed by atoms with Crippen LogP contribution >= 0.6 is 15.9 Å².